The number of anilines is 1. The third-order valence-electron chi connectivity index (χ3n) is 5.16. The fourth-order valence-corrected chi connectivity index (χ4v) is 5.18. The van der Waals surface area contributed by atoms with Crippen LogP contribution in [0, 0.1) is 0 Å². The molecule has 0 radical (unpaired) electrons. The van der Waals surface area contributed by atoms with Crippen LogP contribution in [-0.4, -0.2) is 60.6 Å². The number of hydrogen-bond donors (Lipinski definition) is 0. The van der Waals surface area contributed by atoms with Gasteiger partial charge in [0.15, 0.2) is 9.84 Å². The number of sulfone groups is 1. The van der Waals surface area contributed by atoms with Gasteiger partial charge in [0.2, 0.25) is 0 Å². The predicted octanol–water partition coefficient (Wildman–Crippen LogP) is 2.84. The predicted molar refractivity (Wildman–Crippen MR) is 114 cm³/mol. The lowest BCUT2D eigenvalue weighted by molar-refractivity contribution is 0.0746. The van der Waals surface area contributed by atoms with Crippen LogP contribution in [0.1, 0.15) is 24.2 Å². The number of benzene rings is 1. The molecule has 1 aliphatic heterocycles. The molecule has 0 N–H and O–H groups in total. The average molecular weight is 431 g/mol. The molecule has 1 aromatic carbocycles. The maximum Gasteiger partial charge on any atom is 0.253 e. The van der Waals surface area contributed by atoms with Crippen molar-refractivity contribution in [2.75, 3.05) is 31.1 Å². The summed E-state index contributed by atoms with van der Waals surface area (Å²) in [6.45, 7) is 5.84. The number of piperazine rings is 1. The number of thiophene rings is 1. The molecule has 1 fully saturated rings. The summed E-state index contributed by atoms with van der Waals surface area (Å²) in [6, 6.07) is 8.27. The lowest BCUT2D eigenvalue weighted by Crippen LogP contribution is -2.49. The quantitative estimate of drug-likeness (QED) is 0.633. The molecule has 0 saturated carbocycles. The Bertz CT molecular complexity index is 1130. The van der Waals surface area contributed by atoms with Crippen molar-refractivity contribution in [2.24, 2.45) is 0 Å². The van der Waals surface area contributed by atoms with Crippen molar-refractivity contribution in [3.63, 3.8) is 0 Å². The standard InChI is InChI=1S/C20H22N4O3S2/c1-14(2)29(26,27)16-5-3-15(4-6-16)20(25)24-10-8-23(9-11-24)18-17-7-12-28-19(17)22-13-21-18/h3-7,12-14H,8-11H2,1-2H3. The maximum atomic E-state index is 12.8. The van der Waals surface area contributed by atoms with Gasteiger partial charge in [0.25, 0.3) is 5.91 Å². The first-order chi connectivity index (χ1) is 13.9. The average Bonchev–Trinajstić information content (AvgIpc) is 3.22. The molecular formula is C20H22N4O3S2. The fraction of sp³-hybridized carbons (Fsp3) is 0.350. The summed E-state index contributed by atoms with van der Waals surface area (Å²) in [4.78, 5) is 26.8. The molecule has 29 heavy (non-hydrogen) atoms. The first-order valence-corrected chi connectivity index (χ1v) is 11.9. The van der Waals surface area contributed by atoms with Gasteiger partial charge in [-0.2, -0.15) is 0 Å². The van der Waals surface area contributed by atoms with Gasteiger partial charge in [0, 0.05) is 31.7 Å². The van der Waals surface area contributed by atoms with Crippen LogP contribution in [0.15, 0.2) is 46.9 Å². The zero-order chi connectivity index (χ0) is 20.6. The minimum atomic E-state index is -3.34. The van der Waals surface area contributed by atoms with E-state index in [1.165, 1.54) is 12.1 Å². The number of rotatable bonds is 4. The SMILES string of the molecule is CC(C)S(=O)(=O)c1ccc(C(=O)N2CCN(c3ncnc4sccc34)CC2)cc1. The third-order valence-corrected chi connectivity index (χ3v) is 8.15. The molecule has 152 valence electrons. The van der Waals surface area contributed by atoms with Crippen molar-refractivity contribution < 1.29 is 13.2 Å². The van der Waals surface area contributed by atoms with Crippen LogP contribution >= 0.6 is 11.3 Å². The van der Waals surface area contributed by atoms with Gasteiger partial charge < -0.3 is 9.80 Å². The second-order valence-corrected chi connectivity index (χ2v) is 10.6. The number of fused-ring (bicyclic) bond motifs is 1. The molecule has 0 atom stereocenters. The topological polar surface area (TPSA) is 83.5 Å². The summed E-state index contributed by atoms with van der Waals surface area (Å²) in [7, 11) is -3.34. The van der Waals surface area contributed by atoms with E-state index in [9.17, 15) is 13.2 Å². The van der Waals surface area contributed by atoms with Crippen molar-refractivity contribution in [3.8, 4) is 0 Å². The lowest BCUT2D eigenvalue weighted by atomic mass is 10.2. The van der Waals surface area contributed by atoms with Gasteiger partial charge in [0.05, 0.1) is 15.5 Å². The summed E-state index contributed by atoms with van der Waals surface area (Å²) in [5, 5.41) is 2.55. The van der Waals surface area contributed by atoms with Gasteiger partial charge in [-0.25, -0.2) is 18.4 Å². The number of carbonyl (C=O) groups excluding carboxylic acids is 1. The lowest BCUT2D eigenvalue weighted by Gasteiger charge is -2.35. The van der Waals surface area contributed by atoms with E-state index >= 15 is 0 Å². The molecule has 7 nitrogen and oxygen atoms in total. The molecule has 1 saturated heterocycles. The van der Waals surface area contributed by atoms with E-state index in [-0.39, 0.29) is 10.8 Å². The zero-order valence-electron chi connectivity index (χ0n) is 16.3. The summed E-state index contributed by atoms with van der Waals surface area (Å²) < 4.78 is 24.5. The van der Waals surface area contributed by atoms with Crippen LogP contribution in [0.5, 0.6) is 0 Å². The highest BCUT2D eigenvalue weighted by Gasteiger charge is 2.25. The summed E-state index contributed by atoms with van der Waals surface area (Å²) in [5.41, 5.74) is 0.503. The molecule has 1 aliphatic rings. The molecule has 0 aliphatic carbocycles. The van der Waals surface area contributed by atoms with E-state index in [0.29, 0.717) is 31.7 Å². The molecule has 2 aromatic heterocycles. The van der Waals surface area contributed by atoms with Gasteiger partial charge in [-0.05, 0) is 49.6 Å². The van der Waals surface area contributed by atoms with E-state index in [4.69, 9.17) is 0 Å². The summed E-state index contributed by atoms with van der Waals surface area (Å²) >= 11 is 1.59. The van der Waals surface area contributed by atoms with Crippen LogP contribution in [0.4, 0.5) is 5.82 Å². The van der Waals surface area contributed by atoms with E-state index in [2.05, 4.69) is 14.9 Å². The molecule has 0 bridgehead atoms. The summed E-state index contributed by atoms with van der Waals surface area (Å²) in [5.74, 6) is 0.827. The van der Waals surface area contributed by atoms with Crippen LogP contribution in [0.25, 0.3) is 10.2 Å². The molecule has 4 rings (SSSR count). The normalized spacial score (nSPS) is 15.3. The number of carbonyl (C=O) groups is 1. The van der Waals surface area contributed by atoms with Crippen molar-refractivity contribution in [2.45, 2.75) is 24.0 Å². The molecule has 9 heteroatoms. The smallest absolute Gasteiger partial charge is 0.253 e. The number of nitrogens with zero attached hydrogens (tertiary/aromatic N) is 4. The Morgan fingerprint density at radius 2 is 1.72 bits per heavy atom. The molecule has 1 amide bonds. The van der Waals surface area contributed by atoms with Gasteiger partial charge >= 0.3 is 0 Å². The van der Waals surface area contributed by atoms with E-state index in [1.54, 1.807) is 48.5 Å². The van der Waals surface area contributed by atoms with Crippen LogP contribution in [0.2, 0.25) is 0 Å². The minimum Gasteiger partial charge on any atom is -0.352 e. The Hall–Kier alpha value is -2.52. The first-order valence-electron chi connectivity index (χ1n) is 9.44. The minimum absolute atomic E-state index is 0.0819. The van der Waals surface area contributed by atoms with Gasteiger partial charge in [0.1, 0.15) is 17.0 Å². The maximum absolute atomic E-state index is 12.8. The van der Waals surface area contributed by atoms with Crippen LogP contribution < -0.4 is 4.90 Å². The molecular weight excluding hydrogens is 408 g/mol. The van der Waals surface area contributed by atoms with E-state index < -0.39 is 15.1 Å². The largest absolute Gasteiger partial charge is 0.352 e. The highest BCUT2D eigenvalue weighted by molar-refractivity contribution is 7.92. The van der Waals surface area contributed by atoms with Crippen molar-refractivity contribution in [1.29, 1.82) is 0 Å². The van der Waals surface area contributed by atoms with Gasteiger partial charge in [-0.15, -0.1) is 11.3 Å². The second-order valence-electron chi connectivity index (χ2n) is 7.23. The monoisotopic (exact) mass is 430 g/mol. The molecule has 3 heterocycles. The highest BCUT2D eigenvalue weighted by Crippen LogP contribution is 2.27. The van der Waals surface area contributed by atoms with Crippen LogP contribution in [0.3, 0.4) is 0 Å². The Labute approximate surface area is 173 Å². The third kappa shape index (κ3) is 3.72. The number of hydrogen-bond acceptors (Lipinski definition) is 7. The fourth-order valence-electron chi connectivity index (χ4n) is 3.39. The van der Waals surface area contributed by atoms with Crippen LogP contribution in [-0.2, 0) is 9.84 Å². The van der Waals surface area contributed by atoms with E-state index in [0.717, 1.165) is 16.0 Å². The molecule has 3 aromatic rings. The summed E-state index contributed by atoms with van der Waals surface area (Å²) in [6.07, 6.45) is 1.58. The van der Waals surface area contributed by atoms with Crippen molar-refractivity contribution in [1.82, 2.24) is 14.9 Å². The van der Waals surface area contributed by atoms with Crippen molar-refractivity contribution >= 4 is 43.1 Å². The number of amides is 1. The first kappa shape index (κ1) is 19.8. The Morgan fingerprint density at radius 3 is 2.38 bits per heavy atom. The molecule has 0 unspecified atom stereocenters. The second kappa shape index (κ2) is 7.72. The highest BCUT2D eigenvalue weighted by atomic mass is 32.2. The molecule has 0 spiro atoms. The Kier molecular flexibility index (Phi) is 5.26. The van der Waals surface area contributed by atoms with Gasteiger partial charge in [-0.3, -0.25) is 4.79 Å². The zero-order valence-corrected chi connectivity index (χ0v) is 17.9. The van der Waals surface area contributed by atoms with E-state index in [1.807, 2.05) is 11.4 Å². The number of aromatic nitrogens is 2. The Balaban J connectivity index is 1.45. The Morgan fingerprint density at radius 1 is 1.03 bits per heavy atom. The van der Waals surface area contributed by atoms with Crippen molar-refractivity contribution in [3.05, 3.63) is 47.6 Å². The van der Waals surface area contributed by atoms with Gasteiger partial charge in [-0.1, -0.05) is 0 Å².